The third kappa shape index (κ3) is 6.86. The summed E-state index contributed by atoms with van der Waals surface area (Å²) in [7, 11) is 0. The van der Waals surface area contributed by atoms with Crippen molar-refractivity contribution < 1.29 is 14.4 Å². The van der Waals surface area contributed by atoms with Crippen molar-refractivity contribution in [1.29, 1.82) is 0 Å². The lowest BCUT2D eigenvalue weighted by Crippen LogP contribution is -2.42. The van der Waals surface area contributed by atoms with Crippen molar-refractivity contribution in [1.82, 2.24) is 16.0 Å². The first-order chi connectivity index (χ1) is 12.3. The van der Waals surface area contributed by atoms with Gasteiger partial charge in [-0.15, -0.1) is 0 Å². The quantitative estimate of drug-likeness (QED) is 0.627. The number of benzene rings is 1. The van der Waals surface area contributed by atoms with E-state index in [0.717, 1.165) is 24.8 Å². The van der Waals surface area contributed by atoms with E-state index in [1.807, 2.05) is 0 Å². The SMILES string of the molecule is CC(=O)NCC(=O)NCC(=O)NC(c1ccc(CC(C)C)cc1)C1CC1. The summed E-state index contributed by atoms with van der Waals surface area (Å²) in [4.78, 5) is 34.6. The maximum Gasteiger partial charge on any atom is 0.239 e. The van der Waals surface area contributed by atoms with Crippen LogP contribution in [-0.4, -0.2) is 30.8 Å². The first-order valence-corrected chi connectivity index (χ1v) is 9.24. The van der Waals surface area contributed by atoms with Crippen LogP contribution in [0.1, 0.15) is 50.8 Å². The lowest BCUT2D eigenvalue weighted by Gasteiger charge is -2.19. The standard InChI is InChI=1S/C20H29N3O3/c1-13(2)10-15-4-6-16(7-5-15)20(17-8-9-17)23-19(26)12-22-18(25)11-21-14(3)24/h4-7,13,17,20H,8-12H2,1-3H3,(H,21,24)(H,22,25)(H,23,26). The molecule has 0 aliphatic heterocycles. The van der Waals surface area contributed by atoms with Crippen molar-refractivity contribution >= 4 is 17.7 Å². The molecule has 0 aromatic heterocycles. The molecule has 3 N–H and O–H groups in total. The van der Waals surface area contributed by atoms with E-state index in [9.17, 15) is 14.4 Å². The Kier molecular flexibility index (Phi) is 7.18. The summed E-state index contributed by atoms with van der Waals surface area (Å²) in [6, 6.07) is 8.44. The smallest absolute Gasteiger partial charge is 0.239 e. The van der Waals surface area contributed by atoms with Gasteiger partial charge in [-0.3, -0.25) is 14.4 Å². The molecular weight excluding hydrogens is 330 g/mol. The Hall–Kier alpha value is -2.37. The zero-order chi connectivity index (χ0) is 19.1. The van der Waals surface area contributed by atoms with Crippen LogP contribution in [0.15, 0.2) is 24.3 Å². The van der Waals surface area contributed by atoms with Crippen molar-refractivity contribution in [2.24, 2.45) is 11.8 Å². The molecule has 1 fully saturated rings. The predicted octanol–water partition coefficient (Wildman–Crippen LogP) is 1.70. The molecule has 1 aliphatic carbocycles. The van der Waals surface area contributed by atoms with E-state index in [1.165, 1.54) is 12.5 Å². The maximum atomic E-state index is 12.2. The summed E-state index contributed by atoms with van der Waals surface area (Å²) in [5, 5.41) is 7.95. The van der Waals surface area contributed by atoms with Crippen molar-refractivity contribution in [2.45, 2.75) is 46.1 Å². The maximum absolute atomic E-state index is 12.2. The van der Waals surface area contributed by atoms with Gasteiger partial charge >= 0.3 is 0 Å². The second kappa shape index (κ2) is 9.36. The molecule has 3 amide bonds. The third-order valence-electron chi connectivity index (χ3n) is 4.34. The summed E-state index contributed by atoms with van der Waals surface area (Å²) < 4.78 is 0. The molecule has 1 aromatic carbocycles. The Morgan fingerprint density at radius 3 is 2.15 bits per heavy atom. The number of nitrogens with one attached hydrogen (secondary N) is 3. The van der Waals surface area contributed by atoms with Crippen LogP contribution < -0.4 is 16.0 Å². The van der Waals surface area contributed by atoms with E-state index in [0.29, 0.717) is 11.8 Å². The van der Waals surface area contributed by atoms with Gasteiger partial charge in [0.1, 0.15) is 0 Å². The molecule has 6 heteroatoms. The highest BCUT2D eigenvalue weighted by Gasteiger charge is 2.33. The van der Waals surface area contributed by atoms with Gasteiger partial charge in [-0.25, -0.2) is 0 Å². The van der Waals surface area contributed by atoms with Crippen molar-refractivity contribution in [2.75, 3.05) is 13.1 Å². The Morgan fingerprint density at radius 2 is 1.62 bits per heavy atom. The van der Waals surface area contributed by atoms with Gasteiger partial charge < -0.3 is 16.0 Å². The summed E-state index contributed by atoms with van der Waals surface area (Å²) in [6.45, 7) is 5.52. The highest BCUT2D eigenvalue weighted by Crippen LogP contribution is 2.41. The minimum absolute atomic E-state index is 0.0113. The molecule has 0 spiro atoms. The molecule has 1 unspecified atom stereocenters. The second-order valence-corrected chi connectivity index (χ2v) is 7.41. The van der Waals surface area contributed by atoms with Gasteiger partial charge in [0.15, 0.2) is 0 Å². The highest BCUT2D eigenvalue weighted by molar-refractivity contribution is 5.87. The second-order valence-electron chi connectivity index (χ2n) is 7.41. The molecular formula is C20H29N3O3. The predicted molar refractivity (Wildman–Crippen MR) is 100 cm³/mol. The van der Waals surface area contributed by atoms with E-state index < -0.39 is 0 Å². The molecule has 0 radical (unpaired) electrons. The molecule has 26 heavy (non-hydrogen) atoms. The lowest BCUT2D eigenvalue weighted by atomic mass is 9.97. The van der Waals surface area contributed by atoms with Gasteiger partial charge in [0, 0.05) is 6.92 Å². The van der Waals surface area contributed by atoms with Crippen LogP contribution >= 0.6 is 0 Å². The molecule has 0 saturated heterocycles. The first-order valence-electron chi connectivity index (χ1n) is 9.24. The normalized spacial score (nSPS) is 14.6. The van der Waals surface area contributed by atoms with Gasteiger partial charge in [-0.1, -0.05) is 38.1 Å². The van der Waals surface area contributed by atoms with Gasteiger partial charge in [-0.2, -0.15) is 0 Å². The van der Waals surface area contributed by atoms with Gasteiger partial charge in [0.05, 0.1) is 19.1 Å². The molecule has 0 bridgehead atoms. The van der Waals surface area contributed by atoms with Crippen molar-refractivity contribution in [3.63, 3.8) is 0 Å². The topological polar surface area (TPSA) is 87.3 Å². The minimum atomic E-state index is -0.378. The molecule has 1 aromatic rings. The number of carbonyl (C=O) groups is 3. The highest BCUT2D eigenvalue weighted by atomic mass is 16.2. The van der Waals surface area contributed by atoms with Crippen molar-refractivity contribution in [3.8, 4) is 0 Å². The molecule has 0 heterocycles. The number of hydrogen-bond acceptors (Lipinski definition) is 3. The average molecular weight is 359 g/mol. The third-order valence-corrected chi connectivity index (χ3v) is 4.34. The Balaban J connectivity index is 1.86. The van der Waals surface area contributed by atoms with Crippen LogP contribution in [0.5, 0.6) is 0 Å². The molecule has 6 nitrogen and oxygen atoms in total. The Morgan fingerprint density at radius 1 is 1.00 bits per heavy atom. The Bertz CT molecular complexity index is 636. The molecule has 2 rings (SSSR count). The zero-order valence-electron chi connectivity index (χ0n) is 15.8. The number of carbonyl (C=O) groups excluding carboxylic acids is 3. The lowest BCUT2D eigenvalue weighted by molar-refractivity contribution is -0.127. The average Bonchev–Trinajstić information content (AvgIpc) is 3.41. The van der Waals surface area contributed by atoms with Crippen LogP contribution in [0.25, 0.3) is 0 Å². The number of hydrogen-bond donors (Lipinski definition) is 3. The zero-order valence-corrected chi connectivity index (χ0v) is 15.8. The van der Waals surface area contributed by atoms with Crippen LogP contribution in [-0.2, 0) is 20.8 Å². The van der Waals surface area contributed by atoms with Gasteiger partial charge in [-0.05, 0) is 42.2 Å². The summed E-state index contributed by atoms with van der Waals surface area (Å²) >= 11 is 0. The van der Waals surface area contributed by atoms with Crippen LogP contribution in [0.3, 0.4) is 0 Å². The largest absolute Gasteiger partial charge is 0.347 e. The van der Waals surface area contributed by atoms with E-state index in [2.05, 4.69) is 54.1 Å². The van der Waals surface area contributed by atoms with Crippen molar-refractivity contribution in [3.05, 3.63) is 35.4 Å². The van der Waals surface area contributed by atoms with Crippen LogP contribution in [0.2, 0.25) is 0 Å². The Labute approximate surface area is 155 Å². The van der Waals surface area contributed by atoms with E-state index >= 15 is 0 Å². The summed E-state index contributed by atoms with van der Waals surface area (Å²) in [5.74, 6) is 0.200. The fraction of sp³-hybridized carbons (Fsp3) is 0.550. The fourth-order valence-corrected chi connectivity index (χ4v) is 2.91. The molecule has 1 aliphatic rings. The minimum Gasteiger partial charge on any atom is -0.347 e. The van der Waals surface area contributed by atoms with Crippen LogP contribution in [0.4, 0.5) is 0 Å². The molecule has 1 atom stereocenters. The van der Waals surface area contributed by atoms with Crippen LogP contribution in [0, 0.1) is 11.8 Å². The fourth-order valence-electron chi connectivity index (χ4n) is 2.91. The first kappa shape index (κ1) is 19.9. The monoisotopic (exact) mass is 359 g/mol. The number of amides is 3. The molecule has 1 saturated carbocycles. The van der Waals surface area contributed by atoms with E-state index in [4.69, 9.17) is 0 Å². The summed E-state index contributed by atoms with van der Waals surface area (Å²) in [6.07, 6.45) is 3.25. The van der Waals surface area contributed by atoms with Gasteiger partial charge in [0.25, 0.3) is 0 Å². The van der Waals surface area contributed by atoms with E-state index in [-0.39, 0.29) is 36.9 Å². The number of rotatable bonds is 9. The van der Waals surface area contributed by atoms with Gasteiger partial charge in [0.2, 0.25) is 17.7 Å². The van der Waals surface area contributed by atoms with E-state index in [1.54, 1.807) is 0 Å². The summed E-state index contributed by atoms with van der Waals surface area (Å²) in [5.41, 5.74) is 2.41. The molecule has 142 valence electrons.